The summed E-state index contributed by atoms with van der Waals surface area (Å²) in [7, 11) is -2.50. The van der Waals surface area contributed by atoms with Crippen molar-refractivity contribution in [1.82, 2.24) is 0 Å². The second kappa shape index (κ2) is 3.33. The highest BCUT2D eigenvalue weighted by Crippen LogP contribution is 1.81. The van der Waals surface area contributed by atoms with E-state index >= 15 is 0 Å². The Bertz CT molecular complexity index is 257. The second-order valence-electron chi connectivity index (χ2n) is 1.66. The first-order valence-corrected chi connectivity index (χ1v) is 3.45. The van der Waals surface area contributed by atoms with Gasteiger partial charge in [-0.15, -0.1) is 0 Å². The number of carboxylic acid groups (broad SMARTS) is 1. The SMILES string of the molecule is CC(C(N)C(=O)O)=S(=O)=O. The molecule has 0 rings (SSSR count). The minimum atomic E-state index is -2.50. The summed E-state index contributed by atoms with van der Waals surface area (Å²) >= 11 is 0. The quantitative estimate of drug-likeness (QED) is 0.484. The molecule has 0 saturated heterocycles. The number of carboxylic acids is 1. The van der Waals surface area contributed by atoms with Crippen LogP contribution < -0.4 is 5.73 Å². The molecule has 0 bridgehead atoms. The zero-order valence-corrected chi connectivity index (χ0v) is 6.05. The normalized spacial score (nSPS) is 12.2. The van der Waals surface area contributed by atoms with Gasteiger partial charge in [0.15, 0.2) is 0 Å². The van der Waals surface area contributed by atoms with Crippen LogP contribution >= 0.6 is 0 Å². The highest BCUT2D eigenvalue weighted by molar-refractivity contribution is 7.73. The van der Waals surface area contributed by atoms with Crippen molar-refractivity contribution in [3.63, 3.8) is 0 Å². The maximum Gasteiger partial charge on any atom is 0.325 e. The minimum absolute atomic E-state index is 0.271. The molecule has 0 heterocycles. The van der Waals surface area contributed by atoms with E-state index in [4.69, 9.17) is 10.8 Å². The van der Waals surface area contributed by atoms with Gasteiger partial charge in [-0.2, -0.15) is 8.42 Å². The second-order valence-corrected chi connectivity index (χ2v) is 2.77. The Morgan fingerprint density at radius 2 is 2.00 bits per heavy atom. The molecule has 0 saturated carbocycles. The van der Waals surface area contributed by atoms with Crippen molar-refractivity contribution in [2.45, 2.75) is 13.0 Å². The summed E-state index contributed by atoms with van der Waals surface area (Å²) < 4.78 is 20.1. The molecule has 1 atom stereocenters. The molecule has 58 valence electrons. The number of hydrogen-bond acceptors (Lipinski definition) is 4. The molecule has 0 aliphatic rings. The fourth-order valence-electron chi connectivity index (χ4n) is 0.278. The lowest BCUT2D eigenvalue weighted by molar-refractivity contribution is -0.136. The minimum Gasteiger partial charge on any atom is -0.480 e. The van der Waals surface area contributed by atoms with Gasteiger partial charge in [0.2, 0.25) is 10.3 Å². The van der Waals surface area contributed by atoms with E-state index in [-0.39, 0.29) is 4.86 Å². The van der Waals surface area contributed by atoms with E-state index in [9.17, 15) is 13.2 Å². The van der Waals surface area contributed by atoms with Gasteiger partial charge in [0, 0.05) is 0 Å². The maximum atomic E-state index is 10.1. The highest BCUT2D eigenvalue weighted by Gasteiger charge is 2.15. The van der Waals surface area contributed by atoms with E-state index in [1.807, 2.05) is 0 Å². The molecule has 0 spiro atoms. The summed E-state index contributed by atoms with van der Waals surface area (Å²) in [5.74, 6) is -1.35. The van der Waals surface area contributed by atoms with E-state index < -0.39 is 22.3 Å². The Kier molecular flexibility index (Phi) is 3.04. The largest absolute Gasteiger partial charge is 0.480 e. The predicted octanol–water partition coefficient (Wildman–Crippen LogP) is -1.53. The molecule has 6 heteroatoms. The first kappa shape index (κ1) is 9.12. The predicted molar refractivity (Wildman–Crippen MR) is 35.2 cm³/mol. The number of aliphatic carboxylic acids is 1. The monoisotopic (exact) mass is 165 g/mol. The summed E-state index contributed by atoms with van der Waals surface area (Å²) in [5.41, 5.74) is 4.93. The van der Waals surface area contributed by atoms with Crippen LogP contribution in [0.5, 0.6) is 0 Å². The van der Waals surface area contributed by atoms with Gasteiger partial charge < -0.3 is 10.8 Å². The molecule has 0 aliphatic heterocycles. The maximum absolute atomic E-state index is 10.1. The fraction of sp³-hybridized carbons (Fsp3) is 0.500. The van der Waals surface area contributed by atoms with Crippen molar-refractivity contribution in [2.24, 2.45) is 5.73 Å². The van der Waals surface area contributed by atoms with Crippen LogP contribution in [0.1, 0.15) is 6.92 Å². The Labute approximate surface area is 59.0 Å². The Morgan fingerprint density at radius 3 is 2.10 bits per heavy atom. The van der Waals surface area contributed by atoms with Crippen molar-refractivity contribution in [2.75, 3.05) is 0 Å². The van der Waals surface area contributed by atoms with E-state index in [1.54, 1.807) is 0 Å². The number of rotatable bonds is 2. The van der Waals surface area contributed by atoms with Crippen molar-refractivity contribution < 1.29 is 18.3 Å². The molecule has 0 amide bonds. The van der Waals surface area contributed by atoms with Crippen LogP contribution in [0.25, 0.3) is 0 Å². The van der Waals surface area contributed by atoms with Crippen LogP contribution in [-0.2, 0) is 15.1 Å². The fourth-order valence-corrected chi connectivity index (χ4v) is 0.586. The van der Waals surface area contributed by atoms with Crippen LogP contribution in [0.15, 0.2) is 0 Å². The average Bonchev–Trinajstić information content (AvgIpc) is 1.84. The van der Waals surface area contributed by atoms with Crippen LogP contribution in [0.3, 0.4) is 0 Å². The molecular formula is C4H7NO4S. The zero-order chi connectivity index (χ0) is 8.31. The highest BCUT2D eigenvalue weighted by atomic mass is 32.2. The van der Waals surface area contributed by atoms with Crippen LogP contribution in [0, 0.1) is 0 Å². The molecule has 0 fully saturated rings. The number of nitrogens with two attached hydrogens (primary N) is 1. The number of carbonyl (C=O) groups is 1. The average molecular weight is 165 g/mol. The van der Waals surface area contributed by atoms with E-state index in [0.717, 1.165) is 6.92 Å². The van der Waals surface area contributed by atoms with Crippen LogP contribution in [0.4, 0.5) is 0 Å². The molecule has 3 N–H and O–H groups in total. The third-order valence-electron chi connectivity index (χ3n) is 0.967. The molecule has 0 aromatic heterocycles. The van der Waals surface area contributed by atoms with E-state index in [1.165, 1.54) is 0 Å². The Balaban J connectivity index is 4.71. The third kappa shape index (κ3) is 2.16. The van der Waals surface area contributed by atoms with Crippen molar-refractivity contribution in [3.05, 3.63) is 0 Å². The molecule has 1 unspecified atom stereocenters. The lowest BCUT2D eigenvalue weighted by Gasteiger charge is -1.99. The van der Waals surface area contributed by atoms with Gasteiger partial charge in [0.1, 0.15) is 6.04 Å². The lowest BCUT2D eigenvalue weighted by atomic mass is 10.2. The third-order valence-corrected chi connectivity index (χ3v) is 1.75. The molecule has 0 aromatic carbocycles. The summed E-state index contributed by atoms with van der Waals surface area (Å²) in [6, 6.07) is -1.42. The van der Waals surface area contributed by atoms with Gasteiger partial charge in [-0.25, -0.2) is 0 Å². The summed E-state index contributed by atoms with van der Waals surface area (Å²) in [6.45, 7) is 1.15. The van der Waals surface area contributed by atoms with Gasteiger partial charge in [0.25, 0.3) is 0 Å². The van der Waals surface area contributed by atoms with Crippen molar-refractivity contribution in [1.29, 1.82) is 0 Å². The van der Waals surface area contributed by atoms with E-state index in [0.29, 0.717) is 0 Å². The lowest BCUT2D eigenvalue weighted by Crippen LogP contribution is -2.37. The smallest absolute Gasteiger partial charge is 0.325 e. The topological polar surface area (TPSA) is 97.5 Å². The molecule has 5 nitrogen and oxygen atoms in total. The molecule has 10 heavy (non-hydrogen) atoms. The summed E-state index contributed by atoms with van der Waals surface area (Å²) in [4.78, 5) is 9.76. The molecular weight excluding hydrogens is 158 g/mol. The van der Waals surface area contributed by atoms with Gasteiger partial charge >= 0.3 is 5.97 Å². The standard InChI is InChI=1S/C4H7NO4S/c1-2(10(8)9)3(5)4(6)7/h3H,5H2,1H3,(H,6,7). The molecule has 0 aromatic rings. The van der Waals surface area contributed by atoms with Gasteiger partial charge in [-0.3, -0.25) is 4.79 Å². The number of hydrogen-bond donors (Lipinski definition) is 2. The van der Waals surface area contributed by atoms with Crippen molar-refractivity contribution in [3.8, 4) is 0 Å². The molecule has 0 radical (unpaired) electrons. The summed E-state index contributed by atoms with van der Waals surface area (Å²) in [6.07, 6.45) is 0. The molecule has 0 aliphatic carbocycles. The van der Waals surface area contributed by atoms with Gasteiger partial charge in [-0.1, -0.05) is 0 Å². The summed E-state index contributed by atoms with van der Waals surface area (Å²) in [5, 5.41) is 8.18. The van der Waals surface area contributed by atoms with Crippen LogP contribution in [0.2, 0.25) is 0 Å². The van der Waals surface area contributed by atoms with Gasteiger partial charge in [-0.05, 0) is 6.92 Å². The van der Waals surface area contributed by atoms with E-state index in [2.05, 4.69) is 0 Å². The Hall–Kier alpha value is -0.880. The first-order chi connectivity index (χ1) is 4.46. The van der Waals surface area contributed by atoms with Gasteiger partial charge in [0.05, 0.1) is 4.86 Å². The zero-order valence-electron chi connectivity index (χ0n) is 5.23. The van der Waals surface area contributed by atoms with Crippen LogP contribution in [-0.4, -0.2) is 30.4 Å². The Morgan fingerprint density at radius 1 is 1.60 bits per heavy atom. The first-order valence-electron chi connectivity index (χ1n) is 2.38. The van der Waals surface area contributed by atoms with Crippen molar-refractivity contribution >= 4 is 21.1 Å².